The van der Waals surface area contributed by atoms with E-state index in [4.69, 9.17) is 10.5 Å². The van der Waals surface area contributed by atoms with Crippen molar-refractivity contribution in [1.29, 1.82) is 0 Å². The molecule has 0 radical (unpaired) electrons. The number of ether oxygens (including phenoxy) is 1. The van der Waals surface area contributed by atoms with Crippen LogP contribution in [0.3, 0.4) is 0 Å². The lowest BCUT2D eigenvalue weighted by Crippen LogP contribution is -2.08. The first-order valence-corrected chi connectivity index (χ1v) is 6.55. The van der Waals surface area contributed by atoms with Gasteiger partial charge in [-0.3, -0.25) is 0 Å². The van der Waals surface area contributed by atoms with E-state index in [0.717, 1.165) is 5.56 Å². The summed E-state index contributed by atoms with van der Waals surface area (Å²) in [6, 6.07) is 10.1. The zero-order valence-electron chi connectivity index (χ0n) is 11.9. The fraction of sp³-hybridized carbons (Fsp3) is 0.250. The maximum Gasteiger partial charge on any atom is 0.144 e. The molecule has 2 aromatic carbocycles. The minimum absolute atomic E-state index is 0.0449. The molecule has 3 nitrogen and oxygen atoms in total. The number of halogens is 1. The second-order valence-corrected chi connectivity index (χ2v) is 4.97. The van der Waals surface area contributed by atoms with E-state index in [0.29, 0.717) is 22.8 Å². The lowest BCUT2D eigenvalue weighted by atomic mass is 10.1. The number of nitrogens with two attached hydrogens (primary N) is 1. The van der Waals surface area contributed by atoms with Gasteiger partial charge < -0.3 is 15.8 Å². The summed E-state index contributed by atoms with van der Waals surface area (Å²) in [6.45, 7) is 5.79. The standard InChI is InChI=1S/C16H19FN2O/c1-10(2)20-15-6-4-5-13(16(15)18)19-14-9-12(17)8-7-11(14)3/h4-10,19H,18H2,1-3H3. The SMILES string of the molecule is Cc1ccc(F)cc1Nc1cccc(OC(C)C)c1N. The van der Waals surface area contributed by atoms with Crippen molar-refractivity contribution in [3.63, 3.8) is 0 Å². The Morgan fingerprint density at radius 1 is 1.15 bits per heavy atom. The number of benzene rings is 2. The fourth-order valence-electron chi connectivity index (χ4n) is 1.88. The Labute approximate surface area is 118 Å². The van der Waals surface area contributed by atoms with Crippen LogP contribution in [-0.4, -0.2) is 6.10 Å². The Morgan fingerprint density at radius 2 is 1.90 bits per heavy atom. The van der Waals surface area contributed by atoms with Gasteiger partial charge in [0.15, 0.2) is 0 Å². The van der Waals surface area contributed by atoms with Gasteiger partial charge in [0.05, 0.1) is 17.5 Å². The Morgan fingerprint density at radius 3 is 2.60 bits per heavy atom. The summed E-state index contributed by atoms with van der Waals surface area (Å²) in [5, 5.41) is 3.15. The molecule has 3 N–H and O–H groups in total. The first-order valence-electron chi connectivity index (χ1n) is 6.55. The van der Waals surface area contributed by atoms with Crippen molar-refractivity contribution >= 4 is 17.1 Å². The molecule has 0 amide bonds. The van der Waals surface area contributed by atoms with E-state index < -0.39 is 0 Å². The Bertz CT molecular complexity index is 611. The highest BCUT2D eigenvalue weighted by molar-refractivity contribution is 5.78. The van der Waals surface area contributed by atoms with E-state index in [1.165, 1.54) is 12.1 Å². The molecule has 0 aliphatic rings. The molecule has 0 saturated heterocycles. The molecular weight excluding hydrogens is 255 g/mol. The van der Waals surface area contributed by atoms with Gasteiger partial charge in [0.2, 0.25) is 0 Å². The molecule has 106 valence electrons. The molecule has 2 rings (SSSR count). The van der Waals surface area contributed by atoms with Crippen LogP contribution in [0.2, 0.25) is 0 Å². The van der Waals surface area contributed by atoms with Crippen LogP contribution < -0.4 is 15.8 Å². The average molecular weight is 274 g/mol. The van der Waals surface area contributed by atoms with Gasteiger partial charge in [0.1, 0.15) is 11.6 Å². The van der Waals surface area contributed by atoms with E-state index in [1.807, 2.05) is 39.0 Å². The number of nitrogen functional groups attached to an aromatic ring is 1. The predicted octanol–water partition coefficient (Wildman–Crippen LogP) is 4.25. The van der Waals surface area contributed by atoms with Crippen LogP contribution in [0.15, 0.2) is 36.4 Å². The molecule has 0 saturated carbocycles. The number of aryl methyl sites for hydroxylation is 1. The lowest BCUT2D eigenvalue weighted by molar-refractivity contribution is 0.244. The summed E-state index contributed by atoms with van der Waals surface area (Å²) in [6.07, 6.45) is 0.0449. The monoisotopic (exact) mass is 274 g/mol. The van der Waals surface area contributed by atoms with Crippen LogP contribution in [0.25, 0.3) is 0 Å². The molecule has 20 heavy (non-hydrogen) atoms. The molecule has 0 aromatic heterocycles. The highest BCUT2D eigenvalue weighted by atomic mass is 19.1. The summed E-state index contributed by atoms with van der Waals surface area (Å²) < 4.78 is 18.9. The van der Waals surface area contributed by atoms with Crippen molar-refractivity contribution in [3.05, 3.63) is 47.8 Å². The minimum Gasteiger partial charge on any atom is -0.489 e. The molecule has 0 aliphatic carbocycles. The summed E-state index contributed by atoms with van der Waals surface area (Å²) in [4.78, 5) is 0. The quantitative estimate of drug-likeness (QED) is 0.819. The highest BCUT2D eigenvalue weighted by Crippen LogP contribution is 2.33. The Hall–Kier alpha value is -2.23. The third-order valence-corrected chi connectivity index (χ3v) is 2.90. The average Bonchev–Trinajstić information content (AvgIpc) is 2.38. The minimum atomic E-state index is -0.286. The van der Waals surface area contributed by atoms with E-state index in [9.17, 15) is 4.39 Å². The molecule has 0 unspecified atom stereocenters. The first kappa shape index (κ1) is 14.2. The van der Waals surface area contributed by atoms with Crippen molar-refractivity contribution in [2.45, 2.75) is 26.9 Å². The largest absolute Gasteiger partial charge is 0.489 e. The van der Waals surface area contributed by atoms with Crippen molar-refractivity contribution in [1.82, 2.24) is 0 Å². The molecule has 0 fully saturated rings. The Kier molecular flexibility index (Phi) is 4.13. The zero-order chi connectivity index (χ0) is 14.7. The normalized spacial score (nSPS) is 10.7. The van der Waals surface area contributed by atoms with Gasteiger partial charge in [0, 0.05) is 5.69 Å². The molecule has 0 aliphatic heterocycles. The first-order chi connectivity index (χ1) is 9.47. The summed E-state index contributed by atoms with van der Waals surface area (Å²) in [5.41, 5.74) is 8.95. The second kappa shape index (κ2) is 5.82. The summed E-state index contributed by atoms with van der Waals surface area (Å²) >= 11 is 0. The van der Waals surface area contributed by atoms with Crippen LogP contribution in [-0.2, 0) is 0 Å². The van der Waals surface area contributed by atoms with Crippen molar-refractivity contribution in [2.75, 3.05) is 11.1 Å². The van der Waals surface area contributed by atoms with Gasteiger partial charge in [-0.15, -0.1) is 0 Å². The highest BCUT2D eigenvalue weighted by Gasteiger charge is 2.09. The van der Waals surface area contributed by atoms with E-state index in [1.54, 1.807) is 6.07 Å². The van der Waals surface area contributed by atoms with Crippen molar-refractivity contribution in [2.24, 2.45) is 0 Å². The van der Waals surface area contributed by atoms with Crippen LogP contribution in [0.5, 0.6) is 5.75 Å². The third-order valence-electron chi connectivity index (χ3n) is 2.90. The third kappa shape index (κ3) is 3.20. The fourth-order valence-corrected chi connectivity index (χ4v) is 1.88. The maximum absolute atomic E-state index is 13.3. The van der Waals surface area contributed by atoms with Crippen molar-refractivity contribution in [3.8, 4) is 5.75 Å². The molecule has 2 aromatic rings. The molecule has 0 atom stereocenters. The molecule has 4 heteroatoms. The second-order valence-electron chi connectivity index (χ2n) is 4.97. The predicted molar refractivity (Wildman–Crippen MR) is 81.0 cm³/mol. The van der Waals surface area contributed by atoms with Gasteiger partial charge in [0.25, 0.3) is 0 Å². The summed E-state index contributed by atoms with van der Waals surface area (Å²) in [5.74, 6) is 0.338. The van der Waals surface area contributed by atoms with Gasteiger partial charge >= 0.3 is 0 Å². The topological polar surface area (TPSA) is 47.3 Å². The van der Waals surface area contributed by atoms with Crippen LogP contribution in [0.4, 0.5) is 21.5 Å². The number of rotatable bonds is 4. The summed E-state index contributed by atoms with van der Waals surface area (Å²) in [7, 11) is 0. The number of nitrogens with one attached hydrogen (secondary N) is 1. The van der Waals surface area contributed by atoms with Gasteiger partial charge in [-0.2, -0.15) is 0 Å². The zero-order valence-corrected chi connectivity index (χ0v) is 11.9. The van der Waals surface area contributed by atoms with Crippen molar-refractivity contribution < 1.29 is 9.13 Å². The molecule has 0 spiro atoms. The van der Waals surface area contributed by atoms with E-state index >= 15 is 0 Å². The van der Waals surface area contributed by atoms with Gasteiger partial charge in [-0.1, -0.05) is 12.1 Å². The number of hydrogen-bond donors (Lipinski definition) is 2. The number of anilines is 3. The van der Waals surface area contributed by atoms with Gasteiger partial charge in [-0.05, 0) is 50.6 Å². The maximum atomic E-state index is 13.3. The molecular formula is C16H19FN2O. The smallest absolute Gasteiger partial charge is 0.144 e. The van der Waals surface area contributed by atoms with Gasteiger partial charge in [-0.25, -0.2) is 4.39 Å². The van der Waals surface area contributed by atoms with E-state index in [-0.39, 0.29) is 11.9 Å². The lowest BCUT2D eigenvalue weighted by Gasteiger charge is -2.16. The van der Waals surface area contributed by atoms with Crippen LogP contribution >= 0.6 is 0 Å². The van der Waals surface area contributed by atoms with E-state index in [2.05, 4.69) is 5.32 Å². The molecule has 0 heterocycles. The van der Waals surface area contributed by atoms with Crippen LogP contribution in [0, 0.1) is 12.7 Å². The van der Waals surface area contributed by atoms with Crippen LogP contribution in [0.1, 0.15) is 19.4 Å². The Balaban J connectivity index is 2.32. The number of para-hydroxylation sites is 1. The molecule has 0 bridgehead atoms. The number of hydrogen-bond acceptors (Lipinski definition) is 3.